The van der Waals surface area contributed by atoms with E-state index < -0.39 is 5.97 Å². The summed E-state index contributed by atoms with van der Waals surface area (Å²) in [6.45, 7) is 1.77. The zero-order valence-corrected chi connectivity index (χ0v) is 17.0. The molecule has 1 fully saturated rings. The summed E-state index contributed by atoms with van der Waals surface area (Å²) >= 11 is 0. The number of hydrogen-bond acceptors (Lipinski definition) is 6. The van der Waals surface area contributed by atoms with E-state index in [-0.39, 0.29) is 12.5 Å². The predicted octanol–water partition coefficient (Wildman–Crippen LogP) is 3.33. The maximum Gasteiger partial charge on any atom is 0.339 e. The Morgan fingerprint density at radius 1 is 1.10 bits per heavy atom. The Balaban J connectivity index is 1.46. The Hall–Kier alpha value is -3.45. The lowest BCUT2D eigenvalue weighted by atomic mass is 10.0. The number of pyridine rings is 1. The van der Waals surface area contributed by atoms with Gasteiger partial charge in [-0.2, -0.15) is 0 Å². The van der Waals surface area contributed by atoms with Gasteiger partial charge >= 0.3 is 5.97 Å². The van der Waals surface area contributed by atoms with Gasteiger partial charge in [0, 0.05) is 18.5 Å². The average molecular weight is 418 g/mol. The Morgan fingerprint density at radius 2 is 1.94 bits per heavy atom. The van der Waals surface area contributed by atoms with E-state index in [1.807, 2.05) is 42.5 Å². The summed E-state index contributed by atoms with van der Waals surface area (Å²) in [7, 11) is 0. The number of nitrogens with zero attached hydrogens (tertiary/aromatic N) is 2. The maximum absolute atomic E-state index is 13.1. The van der Waals surface area contributed by atoms with Gasteiger partial charge in [-0.3, -0.25) is 4.79 Å². The molecule has 2 aliphatic rings. The third-order valence-electron chi connectivity index (χ3n) is 5.70. The number of furan rings is 1. The highest BCUT2D eigenvalue weighted by Gasteiger charge is 2.28. The summed E-state index contributed by atoms with van der Waals surface area (Å²) in [6.07, 6.45) is 5.03. The van der Waals surface area contributed by atoms with Crippen molar-refractivity contribution >= 4 is 34.4 Å². The van der Waals surface area contributed by atoms with E-state index in [0.717, 1.165) is 39.9 Å². The van der Waals surface area contributed by atoms with Gasteiger partial charge < -0.3 is 18.8 Å². The average Bonchev–Trinajstić information content (AvgIpc) is 3.47. The van der Waals surface area contributed by atoms with Crippen molar-refractivity contribution in [3.8, 4) is 0 Å². The second kappa shape index (κ2) is 8.35. The minimum atomic E-state index is -0.490. The number of para-hydroxylation sites is 1. The molecule has 1 amide bonds. The van der Waals surface area contributed by atoms with E-state index in [0.29, 0.717) is 38.3 Å². The smallest absolute Gasteiger partial charge is 0.339 e. The Kier molecular flexibility index (Phi) is 5.26. The SMILES string of the molecule is O=C(OCC(=O)N1CCOCC1)c1c2c(nc3ccccc13)/C(=C\c1ccco1)CC2. The fraction of sp³-hybridized carbons (Fsp3) is 0.292. The van der Waals surface area contributed by atoms with E-state index in [2.05, 4.69) is 0 Å². The molecule has 0 radical (unpaired) electrons. The lowest BCUT2D eigenvalue weighted by Crippen LogP contribution is -2.42. The van der Waals surface area contributed by atoms with Crippen LogP contribution < -0.4 is 0 Å². The normalized spacial score (nSPS) is 17.2. The van der Waals surface area contributed by atoms with Crippen molar-refractivity contribution in [2.45, 2.75) is 12.8 Å². The van der Waals surface area contributed by atoms with Gasteiger partial charge in [-0.05, 0) is 48.3 Å². The predicted molar refractivity (Wildman–Crippen MR) is 114 cm³/mol. The standard InChI is InChI=1S/C24H22N2O5/c27-21(26-9-12-29-13-10-26)15-31-24(28)22-18-5-1-2-6-20(18)25-23-16(7-8-19(22)23)14-17-4-3-11-30-17/h1-6,11,14H,7-10,12-13,15H2/b16-14-. The fourth-order valence-electron chi connectivity index (χ4n) is 4.16. The zero-order chi connectivity index (χ0) is 21.2. The van der Waals surface area contributed by atoms with Gasteiger partial charge in [0.05, 0.1) is 36.3 Å². The van der Waals surface area contributed by atoms with Crippen LogP contribution in [0.15, 0.2) is 47.1 Å². The van der Waals surface area contributed by atoms with Crippen LogP contribution in [0.25, 0.3) is 22.6 Å². The number of aromatic nitrogens is 1. The number of benzene rings is 1. The van der Waals surface area contributed by atoms with Gasteiger partial charge in [0.1, 0.15) is 5.76 Å². The fourth-order valence-corrected chi connectivity index (χ4v) is 4.16. The largest absolute Gasteiger partial charge is 0.465 e. The zero-order valence-electron chi connectivity index (χ0n) is 17.0. The highest BCUT2D eigenvalue weighted by molar-refractivity contribution is 6.07. The second-order valence-electron chi connectivity index (χ2n) is 7.59. The lowest BCUT2D eigenvalue weighted by Gasteiger charge is -2.26. The molecule has 0 spiro atoms. The number of carbonyl (C=O) groups excluding carboxylic acids is 2. The lowest BCUT2D eigenvalue weighted by molar-refractivity contribution is -0.138. The van der Waals surface area contributed by atoms with Gasteiger partial charge in [0.2, 0.25) is 0 Å². The first-order chi connectivity index (χ1) is 15.2. The molecule has 0 unspecified atom stereocenters. The summed E-state index contributed by atoms with van der Waals surface area (Å²) in [5.74, 6) is 0.0545. The van der Waals surface area contributed by atoms with Crippen molar-refractivity contribution in [3.63, 3.8) is 0 Å². The quantitative estimate of drug-likeness (QED) is 0.605. The number of amides is 1. The number of carbonyl (C=O) groups is 2. The maximum atomic E-state index is 13.1. The number of allylic oxidation sites excluding steroid dienone is 1. The molecular formula is C24H22N2O5. The highest BCUT2D eigenvalue weighted by Crippen LogP contribution is 2.37. The van der Waals surface area contributed by atoms with Crippen LogP contribution in [0.3, 0.4) is 0 Å². The van der Waals surface area contributed by atoms with Gasteiger partial charge in [0.15, 0.2) is 6.61 Å². The second-order valence-corrected chi connectivity index (χ2v) is 7.59. The Bertz CT molecular complexity index is 1160. The first-order valence-electron chi connectivity index (χ1n) is 10.4. The number of esters is 1. The van der Waals surface area contributed by atoms with Gasteiger partial charge in [-0.15, -0.1) is 0 Å². The Morgan fingerprint density at radius 3 is 2.74 bits per heavy atom. The van der Waals surface area contributed by atoms with E-state index in [4.69, 9.17) is 18.9 Å². The van der Waals surface area contributed by atoms with Crippen molar-refractivity contribution in [1.82, 2.24) is 9.88 Å². The molecule has 1 aliphatic heterocycles. The molecule has 3 heterocycles. The van der Waals surface area contributed by atoms with Crippen LogP contribution >= 0.6 is 0 Å². The van der Waals surface area contributed by atoms with E-state index >= 15 is 0 Å². The Labute approximate surface area is 179 Å². The molecule has 158 valence electrons. The van der Waals surface area contributed by atoms with Crippen molar-refractivity contribution in [2.75, 3.05) is 32.9 Å². The van der Waals surface area contributed by atoms with Crippen LogP contribution in [0.5, 0.6) is 0 Å². The van der Waals surface area contributed by atoms with Crippen LogP contribution in [0, 0.1) is 0 Å². The molecular weight excluding hydrogens is 396 g/mol. The molecule has 0 saturated carbocycles. The van der Waals surface area contributed by atoms with Crippen molar-refractivity contribution < 1.29 is 23.5 Å². The number of rotatable bonds is 4. The summed E-state index contributed by atoms with van der Waals surface area (Å²) in [5, 5.41) is 0.740. The highest BCUT2D eigenvalue weighted by atomic mass is 16.5. The van der Waals surface area contributed by atoms with Crippen LogP contribution in [-0.4, -0.2) is 54.7 Å². The molecule has 0 atom stereocenters. The van der Waals surface area contributed by atoms with Crippen molar-refractivity contribution in [3.05, 3.63) is 65.2 Å². The van der Waals surface area contributed by atoms with Crippen molar-refractivity contribution in [2.24, 2.45) is 0 Å². The topological polar surface area (TPSA) is 81.9 Å². The van der Waals surface area contributed by atoms with Crippen molar-refractivity contribution in [1.29, 1.82) is 0 Å². The molecule has 2 aromatic heterocycles. The third kappa shape index (κ3) is 3.84. The van der Waals surface area contributed by atoms with Crippen LogP contribution in [-0.2, 0) is 20.7 Å². The molecule has 31 heavy (non-hydrogen) atoms. The summed E-state index contributed by atoms with van der Waals surface area (Å²) in [6, 6.07) is 11.2. The molecule has 1 saturated heterocycles. The summed E-state index contributed by atoms with van der Waals surface area (Å²) in [4.78, 5) is 32.1. The summed E-state index contributed by atoms with van der Waals surface area (Å²) in [5.41, 5.74) is 3.90. The number of ether oxygens (including phenoxy) is 2. The summed E-state index contributed by atoms with van der Waals surface area (Å²) < 4.78 is 16.2. The molecule has 1 aliphatic carbocycles. The van der Waals surface area contributed by atoms with E-state index in [9.17, 15) is 9.59 Å². The first-order valence-corrected chi connectivity index (χ1v) is 10.4. The molecule has 1 aromatic carbocycles. The molecule has 5 rings (SSSR count). The third-order valence-corrected chi connectivity index (χ3v) is 5.70. The molecule has 0 bridgehead atoms. The van der Waals surface area contributed by atoms with Crippen LogP contribution in [0.4, 0.5) is 0 Å². The number of hydrogen-bond donors (Lipinski definition) is 0. The van der Waals surface area contributed by atoms with Crippen LogP contribution in [0.2, 0.25) is 0 Å². The number of fused-ring (bicyclic) bond motifs is 2. The van der Waals surface area contributed by atoms with Gasteiger partial charge in [0.25, 0.3) is 5.91 Å². The van der Waals surface area contributed by atoms with Gasteiger partial charge in [-0.25, -0.2) is 9.78 Å². The van der Waals surface area contributed by atoms with Gasteiger partial charge in [-0.1, -0.05) is 18.2 Å². The molecule has 7 nitrogen and oxygen atoms in total. The molecule has 7 heteroatoms. The minimum absolute atomic E-state index is 0.204. The first kappa shape index (κ1) is 19.5. The van der Waals surface area contributed by atoms with E-state index in [1.165, 1.54) is 0 Å². The minimum Gasteiger partial charge on any atom is -0.465 e. The monoisotopic (exact) mass is 418 g/mol. The molecule has 3 aromatic rings. The number of morpholine rings is 1. The molecule has 0 N–H and O–H groups in total. The van der Waals surface area contributed by atoms with Crippen LogP contribution in [0.1, 0.15) is 33.8 Å². The van der Waals surface area contributed by atoms with E-state index in [1.54, 1.807) is 11.2 Å².